The number of pyridine rings is 1. The van der Waals surface area contributed by atoms with Gasteiger partial charge in [-0.2, -0.15) is 0 Å². The second-order valence-electron chi connectivity index (χ2n) is 5.05. The summed E-state index contributed by atoms with van der Waals surface area (Å²) in [5, 5.41) is 0. The molecule has 2 nitrogen and oxygen atoms in total. The monoisotopic (exact) mass is 241 g/mol. The van der Waals surface area contributed by atoms with Crippen molar-refractivity contribution in [3.63, 3.8) is 0 Å². The summed E-state index contributed by atoms with van der Waals surface area (Å²) in [6, 6.07) is 7.99. The topological polar surface area (TPSA) is 22.0 Å². The lowest BCUT2D eigenvalue weighted by molar-refractivity contribution is 0.748. The van der Waals surface area contributed by atoms with Gasteiger partial charge in [-0.25, -0.2) is 0 Å². The summed E-state index contributed by atoms with van der Waals surface area (Å²) < 4.78 is 1.76. The third kappa shape index (κ3) is 2.53. The fourth-order valence-corrected chi connectivity index (χ4v) is 2.37. The predicted octanol–water partition coefficient (Wildman–Crippen LogP) is 3.13. The molecule has 0 fully saturated rings. The molecule has 0 aliphatic rings. The van der Waals surface area contributed by atoms with Crippen molar-refractivity contribution in [2.45, 2.75) is 34.2 Å². The maximum atomic E-state index is 11.9. The first kappa shape index (κ1) is 12.6. The zero-order valence-electron chi connectivity index (χ0n) is 11.4. The van der Waals surface area contributed by atoms with E-state index in [4.69, 9.17) is 0 Å². The molecular formula is C16H19NO. The van der Waals surface area contributed by atoms with Crippen molar-refractivity contribution >= 4 is 0 Å². The predicted molar refractivity (Wildman–Crippen MR) is 75.2 cm³/mol. The number of aryl methyl sites for hydroxylation is 4. The first-order chi connectivity index (χ1) is 8.47. The van der Waals surface area contributed by atoms with E-state index in [1.165, 1.54) is 22.3 Å². The van der Waals surface area contributed by atoms with E-state index < -0.39 is 0 Å². The van der Waals surface area contributed by atoms with Gasteiger partial charge in [0.05, 0.1) is 6.54 Å². The van der Waals surface area contributed by atoms with E-state index >= 15 is 0 Å². The van der Waals surface area contributed by atoms with Gasteiger partial charge in [0.15, 0.2) is 0 Å². The summed E-state index contributed by atoms with van der Waals surface area (Å²) in [6.45, 7) is 8.90. The van der Waals surface area contributed by atoms with Crippen molar-refractivity contribution in [3.05, 3.63) is 68.6 Å². The molecule has 0 amide bonds. The Morgan fingerprint density at radius 3 is 2.11 bits per heavy atom. The third-order valence-electron chi connectivity index (χ3n) is 3.32. The summed E-state index contributed by atoms with van der Waals surface area (Å²) in [6.07, 6.45) is 1.87. The van der Waals surface area contributed by atoms with E-state index in [1.54, 1.807) is 10.6 Å². The number of hydrogen-bond donors (Lipinski definition) is 0. The average molecular weight is 241 g/mol. The van der Waals surface area contributed by atoms with E-state index in [0.29, 0.717) is 6.54 Å². The molecule has 0 aliphatic carbocycles. The Morgan fingerprint density at radius 2 is 1.56 bits per heavy atom. The van der Waals surface area contributed by atoms with Crippen LogP contribution in [0.2, 0.25) is 0 Å². The highest BCUT2D eigenvalue weighted by Crippen LogP contribution is 2.17. The zero-order chi connectivity index (χ0) is 13.3. The van der Waals surface area contributed by atoms with Gasteiger partial charge in [-0.3, -0.25) is 4.79 Å². The summed E-state index contributed by atoms with van der Waals surface area (Å²) in [4.78, 5) is 11.9. The molecule has 0 saturated carbocycles. The Balaban J connectivity index is 2.43. The second kappa shape index (κ2) is 4.81. The average Bonchev–Trinajstić information content (AvgIpc) is 2.25. The summed E-state index contributed by atoms with van der Waals surface area (Å²) in [7, 11) is 0. The van der Waals surface area contributed by atoms with Gasteiger partial charge >= 0.3 is 0 Å². The molecule has 0 N–H and O–H groups in total. The van der Waals surface area contributed by atoms with Crippen LogP contribution in [0.4, 0.5) is 0 Å². The lowest BCUT2D eigenvalue weighted by atomic mass is 10.00. The van der Waals surface area contributed by atoms with Crippen LogP contribution in [-0.4, -0.2) is 4.57 Å². The van der Waals surface area contributed by atoms with Gasteiger partial charge in [0.1, 0.15) is 0 Å². The van der Waals surface area contributed by atoms with Crippen LogP contribution < -0.4 is 5.56 Å². The smallest absolute Gasteiger partial charge is 0.251 e. The third-order valence-corrected chi connectivity index (χ3v) is 3.32. The highest BCUT2D eigenvalue weighted by Gasteiger charge is 2.05. The fraction of sp³-hybridized carbons (Fsp3) is 0.312. The molecular weight excluding hydrogens is 222 g/mol. The largest absolute Gasteiger partial charge is 0.311 e. The molecule has 2 heteroatoms. The van der Waals surface area contributed by atoms with E-state index in [0.717, 1.165) is 5.56 Å². The number of aromatic nitrogens is 1. The maximum Gasteiger partial charge on any atom is 0.251 e. The molecule has 0 bridgehead atoms. The van der Waals surface area contributed by atoms with Gasteiger partial charge in [0, 0.05) is 12.3 Å². The molecule has 1 aromatic heterocycles. The molecule has 2 rings (SSSR count). The Bertz CT molecular complexity index is 615. The summed E-state index contributed by atoms with van der Waals surface area (Å²) >= 11 is 0. The van der Waals surface area contributed by atoms with E-state index in [2.05, 4.69) is 32.9 Å². The van der Waals surface area contributed by atoms with Crippen LogP contribution in [0, 0.1) is 27.7 Å². The van der Waals surface area contributed by atoms with Gasteiger partial charge in [0.2, 0.25) is 0 Å². The maximum absolute atomic E-state index is 11.9. The summed E-state index contributed by atoms with van der Waals surface area (Å²) in [5.74, 6) is 0. The minimum absolute atomic E-state index is 0.0642. The van der Waals surface area contributed by atoms with Crippen LogP contribution in [0.15, 0.2) is 35.3 Å². The van der Waals surface area contributed by atoms with Crippen molar-refractivity contribution in [2.75, 3.05) is 0 Å². The minimum atomic E-state index is 0.0642. The number of rotatable bonds is 2. The van der Waals surface area contributed by atoms with Crippen molar-refractivity contribution < 1.29 is 0 Å². The second-order valence-corrected chi connectivity index (χ2v) is 5.05. The molecule has 0 unspecified atom stereocenters. The normalized spacial score (nSPS) is 10.7. The van der Waals surface area contributed by atoms with Crippen LogP contribution in [0.3, 0.4) is 0 Å². The van der Waals surface area contributed by atoms with Crippen molar-refractivity contribution in [1.29, 1.82) is 0 Å². The minimum Gasteiger partial charge on any atom is -0.311 e. The molecule has 0 radical (unpaired) electrons. The molecule has 0 atom stereocenters. The van der Waals surface area contributed by atoms with E-state index in [9.17, 15) is 4.79 Å². The van der Waals surface area contributed by atoms with Crippen LogP contribution in [0.1, 0.15) is 27.8 Å². The lowest BCUT2D eigenvalue weighted by Gasteiger charge is -2.13. The molecule has 0 aliphatic heterocycles. The number of nitrogens with zero attached hydrogens (tertiary/aromatic N) is 1. The fourth-order valence-electron chi connectivity index (χ4n) is 2.37. The van der Waals surface area contributed by atoms with Gasteiger partial charge < -0.3 is 4.57 Å². The Kier molecular flexibility index (Phi) is 3.37. The highest BCUT2D eigenvalue weighted by atomic mass is 16.1. The van der Waals surface area contributed by atoms with Crippen LogP contribution in [0.25, 0.3) is 0 Å². The van der Waals surface area contributed by atoms with Gasteiger partial charge in [-0.05, 0) is 56.0 Å². The quantitative estimate of drug-likeness (QED) is 0.791. The Hall–Kier alpha value is -1.83. The molecule has 94 valence electrons. The van der Waals surface area contributed by atoms with Crippen LogP contribution in [0.5, 0.6) is 0 Å². The van der Waals surface area contributed by atoms with E-state index in [-0.39, 0.29) is 5.56 Å². The first-order valence-electron chi connectivity index (χ1n) is 6.21. The van der Waals surface area contributed by atoms with E-state index in [1.807, 2.05) is 19.2 Å². The van der Waals surface area contributed by atoms with Crippen molar-refractivity contribution in [2.24, 2.45) is 0 Å². The van der Waals surface area contributed by atoms with Gasteiger partial charge in [-0.1, -0.05) is 17.7 Å². The standard InChI is InChI=1S/C16H19NO/c1-11-5-6-17(16(18)9-11)10-15-13(3)7-12(2)8-14(15)4/h5-9H,10H2,1-4H3. The summed E-state index contributed by atoms with van der Waals surface area (Å²) in [5.41, 5.74) is 6.08. The molecule has 1 heterocycles. The van der Waals surface area contributed by atoms with Gasteiger partial charge in [-0.15, -0.1) is 0 Å². The molecule has 0 spiro atoms. The molecule has 1 aromatic carbocycles. The van der Waals surface area contributed by atoms with Gasteiger partial charge in [0.25, 0.3) is 5.56 Å². The zero-order valence-corrected chi connectivity index (χ0v) is 11.4. The molecule has 18 heavy (non-hydrogen) atoms. The Morgan fingerprint density at radius 1 is 0.944 bits per heavy atom. The first-order valence-corrected chi connectivity index (χ1v) is 6.21. The Labute approximate surface area is 108 Å². The lowest BCUT2D eigenvalue weighted by Crippen LogP contribution is -2.20. The molecule has 2 aromatic rings. The number of hydrogen-bond acceptors (Lipinski definition) is 1. The van der Waals surface area contributed by atoms with Crippen molar-refractivity contribution in [3.8, 4) is 0 Å². The molecule has 0 saturated heterocycles. The van der Waals surface area contributed by atoms with Crippen molar-refractivity contribution in [1.82, 2.24) is 4.57 Å². The SMILES string of the molecule is Cc1cc(C)c(Cn2ccc(C)cc2=O)c(C)c1. The highest BCUT2D eigenvalue weighted by molar-refractivity contribution is 5.37. The van der Waals surface area contributed by atoms with Crippen LogP contribution >= 0.6 is 0 Å². The number of benzene rings is 1. The van der Waals surface area contributed by atoms with Crippen LogP contribution in [-0.2, 0) is 6.54 Å².